The van der Waals surface area contributed by atoms with Gasteiger partial charge in [0, 0.05) is 11.6 Å². The second-order valence-corrected chi connectivity index (χ2v) is 2.59. The molecule has 0 spiro atoms. The summed E-state index contributed by atoms with van der Waals surface area (Å²) in [5.41, 5.74) is 0.677. The minimum atomic E-state index is -0.982. The van der Waals surface area contributed by atoms with E-state index in [1.54, 1.807) is 13.8 Å². The molecular formula is C13H16F2MnMoO. The molecule has 0 atom stereocenters. The minimum Gasteiger partial charge on any atom is -0.677 e. The van der Waals surface area contributed by atoms with Crippen LogP contribution in [0.1, 0.15) is 25.8 Å². The van der Waals surface area contributed by atoms with Gasteiger partial charge < -0.3 is 18.6 Å². The fourth-order valence-electron chi connectivity index (χ4n) is 1.19. The summed E-state index contributed by atoms with van der Waals surface area (Å²) in [4.78, 5) is 0. The van der Waals surface area contributed by atoms with Gasteiger partial charge in [-0.1, -0.05) is 6.42 Å². The monoisotopic (exact) mass is 379 g/mol. The number of rotatable bonds is 0. The third kappa shape index (κ3) is 6.31. The van der Waals surface area contributed by atoms with E-state index in [1.165, 1.54) is 12.7 Å². The Hall–Kier alpha value is 0.0878. The molecule has 1 aliphatic rings. The van der Waals surface area contributed by atoms with Crippen LogP contribution in [-0.2, 0) is 44.6 Å². The second kappa shape index (κ2) is 13.5. The standard InChI is InChI=1S/C9H6F2O.2C2H5.Mn.Mo/c10-7-4-3-6-2-1-5-12-9(6)8(7)11;2*1-2;;/h3,5H,1-2H2;2*1H2,2H3;;/q-2;2*-1;2*+2. The number of hydrogen-bond acceptors (Lipinski definition) is 1. The molecule has 0 aromatic heterocycles. The predicted molar refractivity (Wildman–Crippen MR) is 60.5 cm³/mol. The quantitative estimate of drug-likeness (QED) is 0.492. The summed E-state index contributed by atoms with van der Waals surface area (Å²) in [5, 5.41) is 0. The van der Waals surface area contributed by atoms with E-state index in [9.17, 15) is 8.78 Å². The topological polar surface area (TPSA) is 9.23 Å². The minimum absolute atomic E-state index is 0. The van der Waals surface area contributed by atoms with Crippen LogP contribution in [0.4, 0.5) is 8.78 Å². The fraction of sp³-hybridized carbons (Fsp3) is 0.308. The number of fused-ring (bicyclic) bond motifs is 1. The maximum Gasteiger partial charge on any atom is 2.00 e. The van der Waals surface area contributed by atoms with E-state index in [-0.39, 0.29) is 43.9 Å². The smallest absolute Gasteiger partial charge is 0.677 e. The van der Waals surface area contributed by atoms with Gasteiger partial charge in [0.1, 0.15) is 0 Å². The van der Waals surface area contributed by atoms with Crippen LogP contribution in [0.2, 0.25) is 0 Å². The van der Waals surface area contributed by atoms with Gasteiger partial charge in [0.15, 0.2) is 0 Å². The van der Waals surface area contributed by atoms with Crippen molar-refractivity contribution in [3.63, 3.8) is 0 Å². The van der Waals surface area contributed by atoms with Gasteiger partial charge in [-0.15, -0.1) is 11.6 Å². The van der Waals surface area contributed by atoms with Crippen LogP contribution < -0.4 is 4.74 Å². The first kappa shape index (κ1) is 23.2. The summed E-state index contributed by atoms with van der Waals surface area (Å²) in [6, 6.07) is 3.62. The van der Waals surface area contributed by atoms with Gasteiger partial charge >= 0.3 is 38.1 Å². The molecule has 0 fully saturated rings. The predicted octanol–water partition coefficient (Wildman–Crippen LogP) is 3.93. The van der Waals surface area contributed by atoms with Crippen LogP contribution in [0.25, 0.3) is 0 Å². The van der Waals surface area contributed by atoms with Crippen LogP contribution in [0.5, 0.6) is 5.75 Å². The number of halogens is 2. The van der Waals surface area contributed by atoms with Crippen molar-refractivity contribution in [1.29, 1.82) is 0 Å². The van der Waals surface area contributed by atoms with E-state index in [4.69, 9.17) is 4.74 Å². The molecule has 0 saturated heterocycles. The van der Waals surface area contributed by atoms with E-state index in [0.29, 0.717) is 12.0 Å². The molecule has 0 N–H and O–H groups in total. The van der Waals surface area contributed by atoms with Gasteiger partial charge in [-0.25, -0.2) is 4.39 Å². The largest absolute Gasteiger partial charge is 2.00 e. The molecule has 2 rings (SSSR count). The van der Waals surface area contributed by atoms with E-state index in [0.717, 1.165) is 6.42 Å². The summed E-state index contributed by atoms with van der Waals surface area (Å²) >= 11 is 0. The van der Waals surface area contributed by atoms with Crippen molar-refractivity contribution in [2.75, 3.05) is 0 Å². The van der Waals surface area contributed by atoms with E-state index < -0.39 is 11.6 Å². The molecule has 18 heavy (non-hydrogen) atoms. The Morgan fingerprint density at radius 3 is 2.39 bits per heavy atom. The van der Waals surface area contributed by atoms with Crippen molar-refractivity contribution < 1.29 is 51.7 Å². The molecule has 101 valence electrons. The summed E-state index contributed by atoms with van der Waals surface area (Å²) in [7, 11) is 0. The molecule has 1 aromatic carbocycles. The molecular weight excluding hydrogens is 361 g/mol. The first-order valence-corrected chi connectivity index (χ1v) is 5.07. The third-order valence-corrected chi connectivity index (χ3v) is 1.79. The first-order valence-electron chi connectivity index (χ1n) is 5.07. The van der Waals surface area contributed by atoms with Crippen LogP contribution >= 0.6 is 0 Å². The molecule has 1 aliphatic heterocycles. The van der Waals surface area contributed by atoms with Crippen molar-refractivity contribution in [3.05, 3.63) is 49.8 Å². The molecule has 1 nitrogen and oxygen atoms in total. The van der Waals surface area contributed by atoms with Crippen molar-refractivity contribution in [2.24, 2.45) is 0 Å². The van der Waals surface area contributed by atoms with Crippen LogP contribution in [0, 0.1) is 38.2 Å². The third-order valence-electron chi connectivity index (χ3n) is 1.79. The van der Waals surface area contributed by atoms with E-state index in [2.05, 4.69) is 19.9 Å². The number of benzene rings is 1. The van der Waals surface area contributed by atoms with Crippen molar-refractivity contribution >= 4 is 0 Å². The summed E-state index contributed by atoms with van der Waals surface area (Å²) < 4.78 is 30.4. The number of ether oxygens (including phenoxy) is 1. The summed E-state index contributed by atoms with van der Waals surface area (Å²) in [6.45, 7) is 11.5. The Labute approximate surface area is 133 Å². The van der Waals surface area contributed by atoms with Gasteiger partial charge in [0.05, 0.1) is 5.82 Å². The van der Waals surface area contributed by atoms with Crippen LogP contribution in [0.15, 0.2) is 6.07 Å². The Morgan fingerprint density at radius 2 is 1.83 bits per heavy atom. The van der Waals surface area contributed by atoms with E-state index in [1.807, 2.05) is 0 Å². The molecule has 1 heterocycles. The van der Waals surface area contributed by atoms with Gasteiger partial charge in [0.25, 0.3) is 0 Å². The van der Waals surface area contributed by atoms with Crippen molar-refractivity contribution in [1.82, 2.24) is 0 Å². The number of hydrogen-bond donors (Lipinski definition) is 0. The van der Waals surface area contributed by atoms with Crippen LogP contribution in [0.3, 0.4) is 0 Å². The van der Waals surface area contributed by atoms with Crippen molar-refractivity contribution in [2.45, 2.75) is 26.7 Å². The molecule has 0 unspecified atom stereocenters. The van der Waals surface area contributed by atoms with Gasteiger partial charge in [-0.3, -0.25) is 4.39 Å². The molecule has 0 aliphatic carbocycles. The van der Waals surface area contributed by atoms with Crippen molar-refractivity contribution in [3.8, 4) is 5.75 Å². The maximum atomic E-state index is 12.9. The average Bonchev–Trinajstić information content (AvgIpc) is 2.39. The Balaban J connectivity index is -0.000000344. The molecule has 0 amide bonds. The second-order valence-electron chi connectivity index (χ2n) is 2.59. The zero-order chi connectivity index (χ0) is 12.6. The molecule has 1 aromatic rings. The first-order chi connectivity index (χ1) is 7.79. The fourth-order valence-corrected chi connectivity index (χ4v) is 1.19. The molecule has 0 bridgehead atoms. The Bertz CT molecular complexity index is 322. The Kier molecular flexibility index (Phi) is 17.4. The van der Waals surface area contributed by atoms with Gasteiger partial charge in [-0.2, -0.15) is 32.9 Å². The van der Waals surface area contributed by atoms with Gasteiger partial charge in [-0.05, 0) is 0 Å². The average molecular weight is 377 g/mol. The zero-order valence-electron chi connectivity index (χ0n) is 10.4. The van der Waals surface area contributed by atoms with E-state index >= 15 is 0 Å². The molecule has 1 radical (unpaired) electrons. The van der Waals surface area contributed by atoms with Gasteiger partial charge in [0.2, 0.25) is 0 Å². The SMILES string of the molecule is Fc1[c-]cc2c(c1F)O[CH-]CC2.[CH2-]C.[CH2-]C.[Mn+2].[Mo+2]. The molecule has 5 heteroatoms. The number of aryl methyl sites for hydroxylation is 1. The Morgan fingerprint density at radius 1 is 1.28 bits per heavy atom. The summed E-state index contributed by atoms with van der Waals surface area (Å²) in [5.74, 6) is -1.91. The van der Waals surface area contributed by atoms with Crippen LogP contribution in [-0.4, -0.2) is 0 Å². The normalized spacial score (nSPS) is 10.8. The summed E-state index contributed by atoms with van der Waals surface area (Å²) in [6.07, 6.45) is 1.41. The maximum absolute atomic E-state index is 12.9. The molecule has 0 saturated carbocycles. The zero-order valence-corrected chi connectivity index (χ0v) is 13.6.